The highest BCUT2D eigenvalue weighted by Crippen LogP contribution is 2.26. The fourth-order valence-electron chi connectivity index (χ4n) is 3.95. The van der Waals surface area contributed by atoms with E-state index in [2.05, 4.69) is 29.0 Å². The summed E-state index contributed by atoms with van der Waals surface area (Å²) in [7, 11) is -3.56. The summed E-state index contributed by atoms with van der Waals surface area (Å²) in [5.41, 5.74) is 2.64. The lowest BCUT2D eigenvalue weighted by atomic mass is 9.90. The number of aryl methyl sites for hydroxylation is 1. The number of likely N-dealkylation sites (tertiary alicyclic amines) is 1. The van der Waals surface area contributed by atoms with E-state index in [4.69, 9.17) is 0 Å². The van der Waals surface area contributed by atoms with Gasteiger partial charge in [0.05, 0.1) is 4.90 Å². The molecule has 2 aromatic carbocycles. The van der Waals surface area contributed by atoms with Crippen molar-refractivity contribution in [3.63, 3.8) is 0 Å². The summed E-state index contributed by atoms with van der Waals surface area (Å²) >= 11 is 0. The Kier molecular flexibility index (Phi) is 5.74. The van der Waals surface area contributed by atoms with Crippen molar-refractivity contribution in [3.05, 3.63) is 65.2 Å². The molecule has 1 saturated carbocycles. The van der Waals surface area contributed by atoms with E-state index in [0.29, 0.717) is 24.6 Å². The van der Waals surface area contributed by atoms with Crippen LogP contribution in [0.1, 0.15) is 47.2 Å². The maximum atomic E-state index is 13.1. The highest BCUT2D eigenvalue weighted by Gasteiger charge is 2.29. The fourth-order valence-corrected chi connectivity index (χ4v) is 5.28. The third kappa shape index (κ3) is 4.87. The summed E-state index contributed by atoms with van der Waals surface area (Å²) in [6, 6.07) is 15.4. The number of piperidine rings is 1. The van der Waals surface area contributed by atoms with Crippen LogP contribution in [0.5, 0.6) is 0 Å². The minimum atomic E-state index is -3.56. The molecule has 1 aliphatic heterocycles. The Morgan fingerprint density at radius 1 is 1.03 bits per heavy atom. The molecule has 5 nitrogen and oxygen atoms in total. The zero-order chi connectivity index (χ0) is 20.4. The van der Waals surface area contributed by atoms with Crippen LogP contribution in [0, 0.1) is 12.8 Å². The molecule has 0 radical (unpaired) electrons. The molecule has 29 heavy (non-hydrogen) atoms. The molecule has 0 spiro atoms. The number of hydrogen-bond donors (Lipinski definition) is 1. The van der Waals surface area contributed by atoms with E-state index in [1.165, 1.54) is 5.56 Å². The molecule has 0 unspecified atom stereocenters. The first kappa shape index (κ1) is 20.1. The van der Waals surface area contributed by atoms with Gasteiger partial charge in [-0.2, -0.15) is 0 Å². The zero-order valence-corrected chi connectivity index (χ0v) is 17.6. The molecule has 2 aromatic rings. The molecule has 154 valence electrons. The van der Waals surface area contributed by atoms with Crippen LogP contribution in [0.2, 0.25) is 0 Å². The Morgan fingerprint density at radius 3 is 2.38 bits per heavy atom. The molecule has 1 aliphatic carbocycles. The predicted octanol–water partition coefficient (Wildman–Crippen LogP) is 3.53. The summed E-state index contributed by atoms with van der Waals surface area (Å²) in [4.78, 5) is 15.2. The van der Waals surface area contributed by atoms with Crippen LogP contribution >= 0.6 is 0 Å². The Morgan fingerprint density at radius 2 is 1.72 bits per heavy atom. The Bertz CT molecular complexity index is 976. The number of carbonyl (C=O) groups excluding carboxylic acids is 1. The predicted molar refractivity (Wildman–Crippen MR) is 113 cm³/mol. The van der Waals surface area contributed by atoms with E-state index >= 15 is 0 Å². The van der Waals surface area contributed by atoms with Gasteiger partial charge in [0.25, 0.3) is 5.91 Å². The summed E-state index contributed by atoms with van der Waals surface area (Å²) in [5.74, 6) is 0.515. The van der Waals surface area contributed by atoms with Gasteiger partial charge in [-0.05, 0) is 68.2 Å². The third-order valence-corrected chi connectivity index (χ3v) is 7.44. The monoisotopic (exact) mass is 412 g/mol. The van der Waals surface area contributed by atoms with Gasteiger partial charge in [-0.25, -0.2) is 13.1 Å². The lowest BCUT2D eigenvalue weighted by Crippen LogP contribution is -2.39. The van der Waals surface area contributed by atoms with Crippen LogP contribution in [-0.2, 0) is 16.4 Å². The van der Waals surface area contributed by atoms with Gasteiger partial charge >= 0.3 is 0 Å². The van der Waals surface area contributed by atoms with Crippen molar-refractivity contribution in [2.45, 2.75) is 50.0 Å². The van der Waals surface area contributed by atoms with E-state index in [-0.39, 0.29) is 16.8 Å². The number of carbonyl (C=O) groups is 1. The van der Waals surface area contributed by atoms with Crippen molar-refractivity contribution >= 4 is 15.9 Å². The number of amides is 1. The van der Waals surface area contributed by atoms with Gasteiger partial charge in [-0.15, -0.1) is 0 Å². The molecule has 2 aliphatic rings. The summed E-state index contributed by atoms with van der Waals surface area (Å²) in [6.07, 6.45) is 4.76. The van der Waals surface area contributed by atoms with E-state index in [1.807, 2.05) is 17.9 Å². The molecule has 4 rings (SSSR count). The first-order chi connectivity index (χ1) is 13.9. The van der Waals surface area contributed by atoms with Crippen LogP contribution < -0.4 is 4.72 Å². The quantitative estimate of drug-likeness (QED) is 0.789. The van der Waals surface area contributed by atoms with Crippen LogP contribution in [-0.4, -0.2) is 38.4 Å². The first-order valence-corrected chi connectivity index (χ1v) is 11.9. The van der Waals surface area contributed by atoms with Crippen LogP contribution in [0.3, 0.4) is 0 Å². The maximum absolute atomic E-state index is 13.1. The molecule has 0 aromatic heterocycles. The van der Waals surface area contributed by atoms with Crippen molar-refractivity contribution in [2.75, 3.05) is 13.1 Å². The Labute approximate surface area is 173 Å². The number of sulfonamides is 1. The number of hydrogen-bond acceptors (Lipinski definition) is 3. The summed E-state index contributed by atoms with van der Waals surface area (Å²) in [5, 5.41) is 0. The highest BCUT2D eigenvalue weighted by molar-refractivity contribution is 7.89. The molecular weight excluding hydrogens is 384 g/mol. The van der Waals surface area contributed by atoms with E-state index < -0.39 is 10.0 Å². The smallest absolute Gasteiger partial charge is 0.254 e. The van der Waals surface area contributed by atoms with Crippen LogP contribution in [0.15, 0.2) is 53.4 Å². The lowest BCUT2D eigenvalue weighted by molar-refractivity contribution is 0.0689. The van der Waals surface area contributed by atoms with E-state index in [0.717, 1.165) is 37.7 Å². The first-order valence-electron chi connectivity index (χ1n) is 10.4. The van der Waals surface area contributed by atoms with E-state index in [1.54, 1.807) is 18.2 Å². The second kappa shape index (κ2) is 8.28. The second-order valence-corrected chi connectivity index (χ2v) is 10.0. The molecule has 0 atom stereocenters. The minimum absolute atomic E-state index is 0.0455. The van der Waals surface area contributed by atoms with Crippen LogP contribution in [0.4, 0.5) is 0 Å². The fraction of sp³-hybridized carbons (Fsp3) is 0.435. The van der Waals surface area contributed by atoms with Crippen molar-refractivity contribution in [2.24, 2.45) is 5.92 Å². The lowest BCUT2D eigenvalue weighted by Gasteiger charge is -2.32. The molecule has 1 heterocycles. The molecule has 1 saturated heterocycles. The number of nitrogens with one attached hydrogen (secondary N) is 1. The van der Waals surface area contributed by atoms with Gasteiger partial charge in [0.2, 0.25) is 10.0 Å². The molecular formula is C23H28N2O3S. The second-order valence-electron chi connectivity index (χ2n) is 8.30. The zero-order valence-electron chi connectivity index (χ0n) is 16.8. The molecule has 2 fully saturated rings. The average Bonchev–Trinajstić information content (AvgIpc) is 3.52. The van der Waals surface area contributed by atoms with Gasteiger partial charge in [-0.3, -0.25) is 4.79 Å². The van der Waals surface area contributed by atoms with Gasteiger partial charge in [0.15, 0.2) is 0 Å². The number of rotatable bonds is 6. The average molecular weight is 413 g/mol. The summed E-state index contributed by atoms with van der Waals surface area (Å²) in [6.45, 7) is 3.29. The van der Waals surface area contributed by atoms with Gasteiger partial charge in [0.1, 0.15) is 0 Å². The topological polar surface area (TPSA) is 66.5 Å². The Balaban J connectivity index is 1.42. The van der Waals surface area contributed by atoms with Gasteiger partial charge in [0, 0.05) is 24.7 Å². The minimum Gasteiger partial charge on any atom is -0.339 e. The van der Waals surface area contributed by atoms with Crippen LogP contribution in [0.25, 0.3) is 0 Å². The third-order valence-electron chi connectivity index (χ3n) is 5.92. The number of benzene rings is 2. The number of nitrogens with zero attached hydrogens (tertiary/aromatic N) is 1. The molecule has 0 bridgehead atoms. The standard InChI is InChI=1S/C23H28N2O3S/c1-17-7-10-21(29(27,28)24-20-8-9-20)16-22(17)23(26)25-13-11-19(12-14-25)15-18-5-3-2-4-6-18/h2-7,10,16,19-20,24H,8-9,11-15H2,1H3. The van der Waals surface area contributed by atoms with E-state index in [9.17, 15) is 13.2 Å². The van der Waals surface area contributed by atoms with Gasteiger partial charge < -0.3 is 4.90 Å². The largest absolute Gasteiger partial charge is 0.339 e. The molecule has 6 heteroatoms. The van der Waals surface area contributed by atoms with Crippen molar-refractivity contribution < 1.29 is 13.2 Å². The highest BCUT2D eigenvalue weighted by atomic mass is 32.2. The Hall–Kier alpha value is -2.18. The molecule has 1 N–H and O–H groups in total. The van der Waals surface area contributed by atoms with Crippen molar-refractivity contribution in [1.82, 2.24) is 9.62 Å². The van der Waals surface area contributed by atoms with Gasteiger partial charge in [-0.1, -0.05) is 36.4 Å². The van der Waals surface area contributed by atoms with Crippen molar-refractivity contribution in [1.29, 1.82) is 0 Å². The SMILES string of the molecule is Cc1ccc(S(=O)(=O)NC2CC2)cc1C(=O)N1CCC(Cc2ccccc2)CC1. The van der Waals surface area contributed by atoms with Crippen molar-refractivity contribution in [3.8, 4) is 0 Å². The summed E-state index contributed by atoms with van der Waals surface area (Å²) < 4.78 is 27.7. The normalized spacial score (nSPS) is 18.0. The maximum Gasteiger partial charge on any atom is 0.254 e. The molecule has 1 amide bonds.